The summed E-state index contributed by atoms with van der Waals surface area (Å²) in [4.78, 5) is 15.0. The van der Waals surface area contributed by atoms with Crippen LogP contribution in [0.3, 0.4) is 0 Å². The zero-order valence-corrected chi connectivity index (χ0v) is 10.2. The highest BCUT2D eigenvalue weighted by Crippen LogP contribution is 2.10. The molecule has 2 aliphatic heterocycles. The van der Waals surface area contributed by atoms with E-state index in [1.807, 2.05) is 36.7 Å². The Morgan fingerprint density at radius 3 is 2.47 bits per heavy atom. The number of hydrogen-bond acceptors (Lipinski definition) is 3. The van der Waals surface area contributed by atoms with E-state index in [0.29, 0.717) is 0 Å². The van der Waals surface area contributed by atoms with E-state index in [0.717, 1.165) is 11.5 Å². The molecule has 0 spiro atoms. The molecular weight excluding hydrogens is 236 g/mol. The zero-order valence-electron chi connectivity index (χ0n) is 10.2. The minimum Gasteiger partial charge on any atom is -0.357 e. The van der Waals surface area contributed by atoms with E-state index >= 15 is 0 Å². The number of aromatic nitrogens is 4. The minimum atomic E-state index is 0.775. The lowest BCUT2D eigenvalue weighted by atomic mass is 10.2. The van der Waals surface area contributed by atoms with Crippen LogP contribution < -0.4 is 0 Å². The van der Waals surface area contributed by atoms with Crippen molar-refractivity contribution >= 4 is 10.8 Å². The Morgan fingerprint density at radius 2 is 1.63 bits per heavy atom. The molecule has 0 bridgehead atoms. The number of nitrogens with one attached hydrogen (secondary N) is 1. The maximum atomic E-state index is 4.01. The van der Waals surface area contributed by atoms with Gasteiger partial charge in [-0.1, -0.05) is 24.3 Å². The lowest BCUT2D eigenvalue weighted by Crippen LogP contribution is -1.83. The molecule has 4 rings (SSSR count). The van der Waals surface area contributed by atoms with Crippen LogP contribution in [0, 0.1) is 0 Å². The highest BCUT2D eigenvalue weighted by atomic mass is 14.9. The molecule has 1 N–H and O–H groups in total. The predicted molar refractivity (Wildman–Crippen MR) is 74.7 cm³/mol. The van der Waals surface area contributed by atoms with Gasteiger partial charge in [0.1, 0.15) is 0 Å². The SMILES string of the molecule is c1c[nH]c2ccnc-2n1.c1ccc2cnccc2c1. The first-order valence-corrected chi connectivity index (χ1v) is 5.96. The van der Waals surface area contributed by atoms with E-state index in [9.17, 15) is 0 Å². The summed E-state index contributed by atoms with van der Waals surface area (Å²) in [6.45, 7) is 0. The number of pyridine rings is 1. The summed E-state index contributed by atoms with van der Waals surface area (Å²) < 4.78 is 0. The van der Waals surface area contributed by atoms with Crippen molar-refractivity contribution in [3.8, 4) is 11.5 Å². The molecule has 1 aromatic carbocycles. The molecule has 0 saturated heterocycles. The molecule has 19 heavy (non-hydrogen) atoms. The van der Waals surface area contributed by atoms with Crippen molar-refractivity contribution in [2.24, 2.45) is 0 Å². The third kappa shape index (κ3) is 2.57. The van der Waals surface area contributed by atoms with Crippen LogP contribution in [-0.4, -0.2) is 19.9 Å². The molecule has 3 heterocycles. The summed E-state index contributed by atoms with van der Waals surface area (Å²) in [5, 5.41) is 2.45. The number of hydrogen-bond donors (Lipinski definition) is 1. The molecule has 4 heteroatoms. The molecule has 1 aromatic heterocycles. The quantitative estimate of drug-likeness (QED) is 0.520. The van der Waals surface area contributed by atoms with Gasteiger partial charge in [-0.2, -0.15) is 0 Å². The molecule has 92 valence electrons. The zero-order chi connectivity index (χ0) is 12.9. The average molecular weight is 248 g/mol. The van der Waals surface area contributed by atoms with Gasteiger partial charge in [0, 0.05) is 31.0 Å². The second-order valence-electron chi connectivity index (χ2n) is 3.99. The standard InChI is InChI=1S/C9H7N.C6H5N3/c1-2-4-9-7-10-6-5-8(9)3-1;1-2-8-6-5(1)7-3-4-9-6/h1-7H;1-4,7H. The van der Waals surface area contributed by atoms with Crippen LogP contribution >= 0.6 is 0 Å². The van der Waals surface area contributed by atoms with E-state index in [1.165, 1.54) is 10.8 Å². The first-order valence-electron chi connectivity index (χ1n) is 5.96. The summed E-state index contributed by atoms with van der Waals surface area (Å²) in [6, 6.07) is 12.1. The predicted octanol–water partition coefficient (Wildman–Crippen LogP) is 3.14. The summed E-state index contributed by atoms with van der Waals surface area (Å²) in [5.74, 6) is 0.775. The molecule has 0 amide bonds. The first-order chi connectivity index (χ1) is 9.43. The Morgan fingerprint density at radius 1 is 0.789 bits per heavy atom. The van der Waals surface area contributed by atoms with Crippen molar-refractivity contribution in [2.75, 3.05) is 0 Å². The maximum absolute atomic E-state index is 4.01. The van der Waals surface area contributed by atoms with Crippen LogP contribution in [0.4, 0.5) is 0 Å². The van der Waals surface area contributed by atoms with E-state index in [2.05, 4.69) is 32.1 Å². The number of aromatic amines is 1. The van der Waals surface area contributed by atoms with Crippen molar-refractivity contribution in [2.45, 2.75) is 0 Å². The number of fused-ring (bicyclic) bond motifs is 2. The Kier molecular flexibility index (Phi) is 3.14. The summed E-state index contributed by atoms with van der Waals surface area (Å²) >= 11 is 0. The molecule has 0 atom stereocenters. The van der Waals surface area contributed by atoms with E-state index in [1.54, 1.807) is 18.6 Å². The van der Waals surface area contributed by atoms with Crippen LogP contribution in [-0.2, 0) is 0 Å². The summed E-state index contributed by atoms with van der Waals surface area (Å²) in [6.07, 6.45) is 8.88. The normalized spacial score (nSPS) is 10.1. The van der Waals surface area contributed by atoms with Crippen molar-refractivity contribution in [1.82, 2.24) is 19.9 Å². The molecule has 0 unspecified atom stereocenters. The fourth-order valence-corrected chi connectivity index (χ4v) is 1.80. The van der Waals surface area contributed by atoms with Gasteiger partial charge in [-0.15, -0.1) is 0 Å². The largest absolute Gasteiger partial charge is 0.357 e. The number of benzene rings is 1. The topological polar surface area (TPSA) is 54.5 Å². The Bertz CT molecular complexity index is 655. The second kappa shape index (κ2) is 5.27. The third-order valence-electron chi connectivity index (χ3n) is 2.74. The molecule has 0 aliphatic carbocycles. The maximum Gasteiger partial charge on any atom is 0.175 e. The van der Waals surface area contributed by atoms with Crippen LogP contribution in [0.25, 0.3) is 22.3 Å². The van der Waals surface area contributed by atoms with Crippen LogP contribution in [0.15, 0.2) is 67.4 Å². The van der Waals surface area contributed by atoms with E-state index in [-0.39, 0.29) is 0 Å². The van der Waals surface area contributed by atoms with Crippen molar-refractivity contribution < 1.29 is 0 Å². The van der Waals surface area contributed by atoms with Gasteiger partial charge in [0.05, 0.1) is 5.69 Å². The first kappa shape index (κ1) is 11.3. The van der Waals surface area contributed by atoms with Crippen LogP contribution in [0.2, 0.25) is 0 Å². The van der Waals surface area contributed by atoms with Crippen molar-refractivity contribution in [3.05, 3.63) is 67.4 Å². The molecule has 0 saturated carbocycles. The number of H-pyrrole nitrogens is 1. The molecular formula is C15H12N4. The molecule has 0 radical (unpaired) electrons. The van der Waals surface area contributed by atoms with Crippen molar-refractivity contribution in [1.29, 1.82) is 0 Å². The van der Waals surface area contributed by atoms with Crippen LogP contribution in [0.5, 0.6) is 0 Å². The average Bonchev–Trinajstić information content (AvgIpc) is 2.96. The number of nitrogens with zero attached hydrogens (tertiary/aromatic N) is 3. The Hall–Kier alpha value is -2.75. The highest BCUT2D eigenvalue weighted by molar-refractivity contribution is 5.80. The van der Waals surface area contributed by atoms with Gasteiger partial charge in [-0.25, -0.2) is 9.97 Å². The second-order valence-corrected chi connectivity index (χ2v) is 3.99. The smallest absolute Gasteiger partial charge is 0.175 e. The van der Waals surface area contributed by atoms with Gasteiger partial charge < -0.3 is 4.98 Å². The highest BCUT2D eigenvalue weighted by Gasteiger charge is 1.99. The summed E-state index contributed by atoms with van der Waals surface area (Å²) in [5.41, 5.74) is 0.984. The van der Waals surface area contributed by atoms with Gasteiger partial charge in [0.25, 0.3) is 0 Å². The lowest BCUT2D eigenvalue weighted by Gasteiger charge is -1.91. The molecule has 0 fully saturated rings. The molecule has 2 aromatic rings. The van der Waals surface area contributed by atoms with Gasteiger partial charge in [0.15, 0.2) is 5.82 Å². The van der Waals surface area contributed by atoms with Gasteiger partial charge in [-0.3, -0.25) is 4.98 Å². The Balaban J connectivity index is 0.000000117. The summed E-state index contributed by atoms with van der Waals surface area (Å²) in [7, 11) is 0. The van der Waals surface area contributed by atoms with E-state index in [4.69, 9.17) is 0 Å². The third-order valence-corrected chi connectivity index (χ3v) is 2.74. The van der Waals surface area contributed by atoms with Gasteiger partial charge in [-0.05, 0) is 22.9 Å². The van der Waals surface area contributed by atoms with Gasteiger partial charge >= 0.3 is 0 Å². The van der Waals surface area contributed by atoms with E-state index < -0.39 is 0 Å². The number of rotatable bonds is 0. The Labute approximate surface area is 110 Å². The van der Waals surface area contributed by atoms with Crippen LogP contribution in [0.1, 0.15) is 0 Å². The van der Waals surface area contributed by atoms with Crippen molar-refractivity contribution in [3.63, 3.8) is 0 Å². The fraction of sp³-hybridized carbons (Fsp3) is 0. The molecule has 2 aliphatic rings. The molecule has 4 nitrogen and oxygen atoms in total. The lowest BCUT2D eigenvalue weighted by molar-refractivity contribution is 1.16. The monoisotopic (exact) mass is 248 g/mol. The van der Waals surface area contributed by atoms with Gasteiger partial charge in [0.2, 0.25) is 0 Å². The minimum absolute atomic E-state index is 0.775. The fourth-order valence-electron chi connectivity index (χ4n) is 1.80.